The highest BCUT2D eigenvalue weighted by Crippen LogP contribution is 2.32. The van der Waals surface area contributed by atoms with Crippen LogP contribution >= 0.6 is 0 Å². The Labute approximate surface area is 214 Å². The molecule has 0 heterocycles. The van der Waals surface area contributed by atoms with Gasteiger partial charge in [0.2, 0.25) is 11.6 Å². The zero-order chi connectivity index (χ0) is 26.4. The van der Waals surface area contributed by atoms with E-state index in [-0.39, 0.29) is 18.9 Å². The van der Waals surface area contributed by atoms with Gasteiger partial charge in [0.05, 0.1) is 5.69 Å². The number of aliphatic carboxylic acids is 1. The number of hydrogen-bond acceptors (Lipinski definition) is 5. The van der Waals surface area contributed by atoms with Crippen LogP contribution in [0, 0.1) is 5.41 Å². The summed E-state index contributed by atoms with van der Waals surface area (Å²) < 4.78 is 0. The van der Waals surface area contributed by atoms with Crippen LogP contribution in [0.25, 0.3) is 21.5 Å². The van der Waals surface area contributed by atoms with Gasteiger partial charge in [-0.2, -0.15) is 0 Å². The quantitative estimate of drug-likeness (QED) is 0.0628. The van der Waals surface area contributed by atoms with Gasteiger partial charge in [-0.05, 0) is 29.3 Å². The van der Waals surface area contributed by atoms with E-state index in [1.54, 1.807) is 12.1 Å². The predicted octanol–water partition coefficient (Wildman–Crippen LogP) is 4.32. The highest BCUT2D eigenvalue weighted by atomic mass is 16.4. The molecule has 0 unspecified atom stereocenters. The number of fused-ring (bicyclic) bond motifs is 2. The molecule has 4 rings (SSSR count). The molecule has 0 aliphatic rings. The Morgan fingerprint density at radius 3 is 2.00 bits per heavy atom. The van der Waals surface area contributed by atoms with Gasteiger partial charge in [-0.3, -0.25) is 15.6 Å². The maximum absolute atomic E-state index is 13.1. The van der Waals surface area contributed by atoms with Crippen LogP contribution in [0.2, 0.25) is 0 Å². The molecule has 0 saturated heterocycles. The fourth-order valence-electron chi connectivity index (χ4n) is 4.50. The van der Waals surface area contributed by atoms with E-state index >= 15 is 0 Å². The fraction of sp³-hybridized carbons (Fsp3) is 0.179. The van der Waals surface area contributed by atoms with Crippen molar-refractivity contribution < 1.29 is 14.7 Å². The minimum absolute atomic E-state index is 0.0170. The third kappa shape index (κ3) is 5.40. The molecule has 9 nitrogen and oxygen atoms in total. The van der Waals surface area contributed by atoms with Crippen molar-refractivity contribution in [1.29, 1.82) is 5.41 Å². The SMILES string of the molecule is CC(=O)N(Nc1cccc2ccccc12)[C@](CCCNC(=N)N)(Nc1cccc2ccccc12)C(=O)O. The van der Waals surface area contributed by atoms with Crippen molar-refractivity contribution in [3.63, 3.8) is 0 Å². The minimum atomic E-state index is -1.87. The molecule has 0 bridgehead atoms. The molecule has 0 saturated carbocycles. The Kier molecular flexibility index (Phi) is 7.43. The van der Waals surface area contributed by atoms with Crippen LogP contribution in [-0.2, 0) is 9.59 Å². The van der Waals surface area contributed by atoms with Crippen molar-refractivity contribution in [2.24, 2.45) is 5.73 Å². The number of rotatable bonds is 10. The fourth-order valence-corrected chi connectivity index (χ4v) is 4.50. The average Bonchev–Trinajstić information content (AvgIpc) is 2.89. The Hall–Kier alpha value is -4.79. The van der Waals surface area contributed by atoms with Gasteiger partial charge in [0.1, 0.15) is 0 Å². The summed E-state index contributed by atoms with van der Waals surface area (Å²) in [5, 5.41) is 28.7. The van der Waals surface area contributed by atoms with Gasteiger partial charge in [0.15, 0.2) is 5.96 Å². The maximum atomic E-state index is 13.1. The van der Waals surface area contributed by atoms with E-state index < -0.39 is 17.5 Å². The number of nitrogens with zero attached hydrogens (tertiary/aromatic N) is 1. The van der Waals surface area contributed by atoms with Gasteiger partial charge in [-0.25, -0.2) is 9.80 Å². The largest absolute Gasteiger partial charge is 0.478 e. The van der Waals surface area contributed by atoms with Crippen molar-refractivity contribution in [3.8, 4) is 0 Å². The van der Waals surface area contributed by atoms with Gasteiger partial charge < -0.3 is 21.5 Å². The molecule has 37 heavy (non-hydrogen) atoms. The molecular formula is C28H30N6O3. The van der Waals surface area contributed by atoms with Gasteiger partial charge in [0, 0.05) is 36.3 Å². The molecule has 7 N–H and O–H groups in total. The highest BCUT2D eigenvalue weighted by molar-refractivity contribution is 5.98. The number of carbonyl (C=O) groups is 2. The first-order valence-electron chi connectivity index (χ1n) is 11.9. The number of carbonyl (C=O) groups excluding carboxylic acids is 1. The summed E-state index contributed by atoms with van der Waals surface area (Å²) in [6.45, 7) is 1.59. The van der Waals surface area contributed by atoms with E-state index in [0.29, 0.717) is 17.8 Å². The first-order valence-corrected chi connectivity index (χ1v) is 11.9. The molecule has 4 aromatic rings. The number of carboxylic acid groups (broad SMARTS) is 1. The number of hydrazine groups is 1. The van der Waals surface area contributed by atoms with Crippen LogP contribution in [0.3, 0.4) is 0 Å². The summed E-state index contributed by atoms with van der Waals surface area (Å²) in [5.41, 5.74) is 7.83. The van der Waals surface area contributed by atoms with Crippen LogP contribution in [0.4, 0.5) is 11.4 Å². The highest BCUT2D eigenvalue weighted by Gasteiger charge is 2.47. The predicted molar refractivity (Wildman–Crippen MR) is 147 cm³/mol. The molecule has 0 radical (unpaired) electrons. The normalized spacial score (nSPS) is 12.5. The standard InChI is InChI=1S/C28H30N6O3/c1-19(35)34(33-25-16-7-12-21-10-3-5-14-23(21)25)28(26(36)37,17-8-18-31-27(29)30)32-24-15-6-11-20-9-2-4-13-22(20)24/h2-7,9-16,32-33H,8,17-18H2,1H3,(H,36,37)(H4,29,30,31)/t28-/m0/s1. The van der Waals surface area contributed by atoms with Crippen LogP contribution < -0.4 is 21.8 Å². The van der Waals surface area contributed by atoms with E-state index in [2.05, 4.69) is 16.1 Å². The van der Waals surface area contributed by atoms with E-state index in [9.17, 15) is 14.7 Å². The molecule has 0 aromatic heterocycles. The van der Waals surface area contributed by atoms with Crippen molar-refractivity contribution in [1.82, 2.24) is 10.3 Å². The minimum Gasteiger partial charge on any atom is -0.478 e. The molecule has 0 spiro atoms. The van der Waals surface area contributed by atoms with Gasteiger partial charge in [-0.15, -0.1) is 0 Å². The number of nitrogens with two attached hydrogens (primary N) is 1. The number of nitrogens with one attached hydrogen (secondary N) is 4. The van der Waals surface area contributed by atoms with Crippen molar-refractivity contribution >= 4 is 50.8 Å². The topological polar surface area (TPSA) is 144 Å². The van der Waals surface area contributed by atoms with Crippen molar-refractivity contribution in [2.75, 3.05) is 17.3 Å². The van der Waals surface area contributed by atoms with Crippen LogP contribution in [-0.4, -0.2) is 40.2 Å². The summed E-state index contributed by atoms with van der Waals surface area (Å²) in [4.78, 5) is 26.2. The Balaban J connectivity index is 1.81. The third-order valence-electron chi connectivity index (χ3n) is 6.23. The Bertz CT molecular complexity index is 1450. The van der Waals surface area contributed by atoms with Gasteiger partial charge in [-0.1, -0.05) is 72.8 Å². The van der Waals surface area contributed by atoms with Crippen LogP contribution in [0.5, 0.6) is 0 Å². The number of hydrogen-bond donors (Lipinski definition) is 6. The second-order valence-electron chi connectivity index (χ2n) is 8.75. The molecule has 1 atom stereocenters. The van der Waals surface area contributed by atoms with Gasteiger partial charge >= 0.3 is 5.97 Å². The molecule has 0 fully saturated rings. The molecule has 4 aromatic carbocycles. The third-order valence-corrected chi connectivity index (χ3v) is 6.23. The molecule has 190 valence electrons. The van der Waals surface area contributed by atoms with Crippen molar-refractivity contribution in [3.05, 3.63) is 84.9 Å². The monoisotopic (exact) mass is 498 g/mol. The number of carboxylic acids is 1. The lowest BCUT2D eigenvalue weighted by Crippen LogP contribution is -2.64. The smallest absolute Gasteiger partial charge is 0.352 e. The molecule has 0 aliphatic heterocycles. The van der Waals surface area contributed by atoms with E-state index in [1.807, 2.05) is 72.8 Å². The lowest BCUT2D eigenvalue weighted by atomic mass is 10.00. The summed E-state index contributed by atoms with van der Waals surface area (Å²) in [5.74, 6) is -1.92. The van der Waals surface area contributed by atoms with E-state index in [4.69, 9.17) is 11.1 Å². The second kappa shape index (κ2) is 10.9. The van der Waals surface area contributed by atoms with Gasteiger partial charge in [0.25, 0.3) is 0 Å². The summed E-state index contributed by atoms with van der Waals surface area (Å²) in [6.07, 6.45) is 0.327. The van der Waals surface area contributed by atoms with E-state index in [1.165, 1.54) is 6.92 Å². The molecular weight excluding hydrogens is 468 g/mol. The average molecular weight is 499 g/mol. The summed E-state index contributed by atoms with van der Waals surface area (Å²) in [6, 6.07) is 26.5. The van der Waals surface area contributed by atoms with Crippen LogP contribution in [0.1, 0.15) is 19.8 Å². The number of guanidine groups is 1. The zero-order valence-electron chi connectivity index (χ0n) is 20.5. The number of amides is 1. The first-order chi connectivity index (χ1) is 17.8. The van der Waals surface area contributed by atoms with Crippen molar-refractivity contribution in [2.45, 2.75) is 25.4 Å². The lowest BCUT2D eigenvalue weighted by molar-refractivity contribution is -0.155. The molecule has 9 heteroatoms. The van der Waals surface area contributed by atoms with E-state index in [0.717, 1.165) is 26.6 Å². The Morgan fingerprint density at radius 2 is 1.43 bits per heavy atom. The molecule has 1 amide bonds. The first kappa shape index (κ1) is 25.3. The van der Waals surface area contributed by atoms with Crippen LogP contribution in [0.15, 0.2) is 84.9 Å². The Morgan fingerprint density at radius 1 is 0.892 bits per heavy atom. The number of anilines is 2. The lowest BCUT2D eigenvalue weighted by Gasteiger charge is -2.42. The maximum Gasteiger partial charge on any atom is 0.352 e. The summed E-state index contributed by atoms with van der Waals surface area (Å²) in [7, 11) is 0. The zero-order valence-corrected chi connectivity index (χ0v) is 20.5. The molecule has 0 aliphatic carbocycles. The number of benzene rings is 4. The second-order valence-corrected chi connectivity index (χ2v) is 8.75. The summed E-state index contributed by atoms with van der Waals surface area (Å²) >= 11 is 0.